The van der Waals surface area contributed by atoms with Gasteiger partial charge in [-0.3, -0.25) is 9.89 Å². The molecule has 0 aliphatic rings. The molecular formula is C20H13ClF3N5O3. The average molecular weight is 464 g/mol. The van der Waals surface area contributed by atoms with Crippen molar-refractivity contribution in [3.63, 3.8) is 0 Å². The van der Waals surface area contributed by atoms with Gasteiger partial charge in [-0.25, -0.2) is 22.9 Å². The molecule has 8 nitrogen and oxygen atoms in total. The fourth-order valence-corrected chi connectivity index (χ4v) is 3.02. The summed E-state index contributed by atoms with van der Waals surface area (Å²) in [6, 6.07) is 7.85. The maximum atomic E-state index is 13.6. The standard InChI is InChI=1S/C20H13ClF3N5O3/c1-9-15(21)19-26-18(28-29(19)27-9)10-3-2-4-11(7-10)25-14(30)8-32-20(31)12-5-6-13(22)17(24)16(12)23/h2-7,27H,8H2,1H3,(H,25,30). The fourth-order valence-electron chi connectivity index (χ4n) is 2.86. The van der Waals surface area contributed by atoms with Crippen molar-refractivity contribution in [3.8, 4) is 11.4 Å². The van der Waals surface area contributed by atoms with Crippen LogP contribution in [0.3, 0.4) is 0 Å². The zero-order valence-electron chi connectivity index (χ0n) is 16.2. The number of nitrogens with one attached hydrogen (secondary N) is 2. The molecular weight excluding hydrogens is 451 g/mol. The summed E-state index contributed by atoms with van der Waals surface area (Å²) in [4.78, 5) is 28.3. The normalized spacial score (nSPS) is 11.0. The molecule has 4 aromatic rings. The predicted molar refractivity (Wildman–Crippen MR) is 108 cm³/mol. The first-order valence-corrected chi connectivity index (χ1v) is 9.44. The number of rotatable bonds is 5. The smallest absolute Gasteiger partial charge is 0.341 e. The summed E-state index contributed by atoms with van der Waals surface area (Å²) in [6.45, 7) is 1.00. The number of esters is 1. The lowest BCUT2D eigenvalue weighted by Crippen LogP contribution is -2.21. The minimum Gasteiger partial charge on any atom is -0.452 e. The first-order chi connectivity index (χ1) is 15.2. The Morgan fingerprint density at radius 1 is 1.19 bits per heavy atom. The van der Waals surface area contributed by atoms with E-state index in [9.17, 15) is 22.8 Å². The highest BCUT2D eigenvalue weighted by Gasteiger charge is 2.21. The quantitative estimate of drug-likeness (QED) is 0.345. The highest BCUT2D eigenvalue weighted by Crippen LogP contribution is 2.24. The van der Waals surface area contributed by atoms with Gasteiger partial charge in [0.1, 0.15) is 5.02 Å². The van der Waals surface area contributed by atoms with E-state index in [0.29, 0.717) is 39.5 Å². The Hall–Kier alpha value is -3.86. The van der Waals surface area contributed by atoms with Gasteiger partial charge in [-0.2, -0.15) is 4.63 Å². The van der Waals surface area contributed by atoms with Crippen LogP contribution in [-0.2, 0) is 9.53 Å². The third-order valence-electron chi connectivity index (χ3n) is 4.40. The van der Waals surface area contributed by atoms with Crippen molar-refractivity contribution in [2.75, 3.05) is 11.9 Å². The Labute approximate surface area is 182 Å². The van der Waals surface area contributed by atoms with Gasteiger partial charge in [-0.1, -0.05) is 23.7 Å². The monoisotopic (exact) mass is 463 g/mol. The molecule has 1 amide bonds. The Balaban J connectivity index is 1.42. The number of carbonyl (C=O) groups is 2. The van der Waals surface area contributed by atoms with Crippen LogP contribution < -0.4 is 5.32 Å². The molecule has 164 valence electrons. The van der Waals surface area contributed by atoms with E-state index in [-0.39, 0.29) is 0 Å². The van der Waals surface area contributed by atoms with Gasteiger partial charge >= 0.3 is 5.97 Å². The average Bonchev–Trinajstić information content (AvgIpc) is 3.29. The number of aryl methyl sites for hydroxylation is 1. The van der Waals surface area contributed by atoms with Gasteiger partial charge in [0.2, 0.25) is 0 Å². The third kappa shape index (κ3) is 4.02. The zero-order valence-corrected chi connectivity index (χ0v) is 17.0. The number of aromatic nitrogens is 4. The van der Waals surface area contributed by atoms with E-state index in [4.69, 9.17) is 11.6 Å². The predicted octanol–water partition coefficient (Wildman–Crippen LogP) is 3.90. The fraction of sp³-hybridized carbons (Fsp3) is 0.100. The number of fused-ring (bicyclic) bond motifs is 1. The van der Waals surface area contributed by atoms with Crippen LogP contribution in [0.4, 0.5) is 18.9 Å². The molecule has 0 atom stereocenters. The molecule has 0 aliphatic carbocycles. The summed E-state index contributed by atoms with van der Waals surface area (Å²) in [6.07, 6.45) is 0. The summed E-state index contributed by atoms with van der Waals surface area (Å²) in [5.41, 5.74) is 1.27. The first kappa shape index (κ1) is 21.4. The lowest BCUT2D eigenvalue weighted by molar-refractivity contribution is -0.119. The maximum Gasteiger partial charge on any atom is 0.341 e. The number of anilines is 1. The van der Waals surface area contributed by atoms with E-state index in [1.807, 2.05) is 0 Å². The minimum absolute atomic E-state index is 0.350. The second kappa shape index (κ2) is 8.35. The SMILES string of the molecule is Cc1[nH]n2nc(-c3cccc(NC(=O)COC(=O)c4ccc(F)c(F)c4F)c3)nc2c1Cl. The Bertz CT molecular complexity index is 1370. The van der Waals surface area contributed by atoms with Gasteiger partial charge in [-0.05, 0) is 31.2 Å². The molecule has 0 saturated heterocycles. The van der Waals surface area contributed by atoms with Crippen molar-refractivity contribution < 1.29 is 27.5 Å². The number of nitrogens with zero attached hydrogens (tertiary/aromatic N) is 3. The number of carbonyl (C=O) groups excluding carboxylic acids is 2. The van der Waals surface area contributed by atoms with Crippen LogP contribution in [0.5, 0.6) is 0 Å². The maximum absolute atomic E-state index is 13.6. The van der Waals surface area contributed by atoms with Crippen molar-refractivity contribution in [3.05, 3.63) is 70.1 Å². The molecule has 32 heavy (non-hydrogen) atoms. The molecule has 2 N–H and O–H groups in total. The largest absolute Gasteiger partial charge is 0.452 e. The summed E-state index contributed by atoms with van der Waals surface area (Å²) in [5.74, 6) is -6.63. The molecule has 0 radical (unpaired) electrons. The molecule has 0 unspecified atom stereocenters. The van der Waals surface area contributed by atoms with Crippen LogP contribution >= 0.6 is 11.6 Å². The van der Waals surface area contributed by atoms with E-state index in [1.165, 1.54) is 4.63 Å². The van der Waals surface area contributed by atoms with Crippen LogP contribution in [0.15, 0.2) is 36.4 Å². The second-order valence-electron chi connectivity index (χ2n) is 6.65. The lowest BCUT2D eigenvalue weighted by atomic mass is 10.2. The van der Waals surface area contributed by atoms with E-state index in [1.54, 1.807) is 31.2 Å². The topological polar surface area (TPSA) is 101 Å². The van der Waals surface area contributed by atoms with Crippen LogP contribution in [-0.4, -0.2) is 38.3 Å². The van der Waals surface area contributed by atoms with Gasteiger partial charge in [0.25, 0.3) is 5.91 Å². The number of H-pyrrole nitrogens is 1. The van der Waals surface area contributed by atoms with Crippen molar-refractivity contribution in [2.45, 2.75) is 6.92 Å². The molecule has 0 bridgehead atoms. The summed E-state index contributed by atoms with van der Waals surface area (Å²) in [5, 5.41) is 10.2. The molecule has 0 fully saturated rings. The number of halogens is 4. The molecule has 2 heterocycles. The zero-order chi connectivity index (χ0) is 23.0. The Morgan fingerprint density at radius 2 is 1.97 bits per heavy atom. The van der Waals surface area contributed by atoms with Crippen molar-refractivity contribution in [1.82, 2.24) is 19.8 Å². The van der Waals surface area contributed by atoms with Crippen LogP contribution in [0.2, 0.25) is 5.02 Å². The first-order valence-electron chi connectivity index (χ1n) is 9.06. The van der Waals surface area contributed by atoms with Gasteiger partial charge in [0.05, 0.1) is 11.3 Å². The molecule has 12 heteroatoms. The highest BCUT2D eigenvalue weighted by molar-refractivity contribution is 6.34. The molecule has 0 saturated carbocycles. The molecule has 0 spiro atoms. The van der Waals surface area contributed by atoms with E-state index < -0.39 is 41.5 Å². The van der Waals surface area contributed by atoms with E-state index >= 15 is 0 Å². The number of ether oxygens (including phenoxy) is 1. The minimum atomic E-state index is -1.80. The molecule has 2 aromatic carbocycles. The highest BCUT2D eigenvalue weighted by atomic mass is 35.5. The van der Waals surface area contributed by atoms with Crippen LogP contribution in [0.25, 0.3) is 17.0 Å². The second-order valence-corrected chi connectivity index (χ2v) is 7.03. The van der Waals surface area contributed by atoms with Gasteiger partial charge < -0.3 is 10.1 Å². The summed E-state index contributed by atoms with van der Waals surface area (Å²) < 4.78 is 46.0. The number of amides is 1. The van der Waals surface area contributed by atoms with Gasteiger partial charge in [0.15, 0.2) is 35.5 Å². The third-order valence-corrected chi connectivity index (χ3v) is 4.85. The Morgan fingerprint density at radius 3 is 2.72 bits per heavy atom. The van der Waals surface area contributed by atoms with Crippen molar-refractivity contribution in [1.29, 1.82) is 0 Å². The number of hydrogen-bond donors (Lipinski definition) is 2. The summed E-state index contributed by atoms with van der Waals surface area (Å²) >= 11 is 6.16. The van der Waals surface area contributed by atoms with Crippen molar-refractivity contribution >= 4 is 34.8 Å². The van der Waals surface area contributed by atoms with E-state index in [2.05, 4.69) is 25.2 Å². The molecule has 2 aromatic heterocycles. The van der Waals surface area contributed by atoms with Gasteiger partial charge in [-0.15, -0.1) is 5.10 Å². The van der Waals surface area contributed by atoms with Crippen LogP contribution in [0, 0.1) is 24.4 Å². The number of hydrogen-bond acceptors (Lipinski definition) is 5. The molecule has 4 rings (SSSR count). The number of benzene rings is 2. The lowest BCUT2D eigenvalue weighted by Gasteiger charge is -2.08. The van der Waals surface area contributed by atoms with Crippen molar-refractivity contribution in [2.24, 2.45) is 0 Å². The van der Waals surface area contributed by atoms with Gasteiger partial charge in [0, 0.05) is 11.3 Å². The molecule has 0 aliphatic heterocycles. The number of aromatic amines is 1. The summed E-state index contributed by atoms with van der Waals surface area (Å²) in [7, 11) is 0. The van der Waals surface area contributed by atoms with Crippen LogP contribution in [0.1, 0.15) is 16.1 Å². The van der Waals surface area contributed by atoms with E-state index in [0.717, 1.165) is 6.07 Å². The Kier molecular flexibility index (Phi) is 5.57.